The molecule has 0 unspecified atom stereocenters. The van der Waals surface area contributed by atoms with E-state index in [0.717, 1.165) is 77.0 Å². The molecule has 0 bridgehead atoms. The molecule has 0 radical (unpaired) electrons. The van der Waals surface area contributed by atoms with E-state index in [1.54, 1.807) is 0 Å². The number of esters is 1. The molecule has 0 N–H and O–H groups in total. The lowest BCUT2D eigenvalue weighted by Gasteiger charge is -1.94. The minimum Gasteiger partial charge on any atom is -0.462 e. The number of rotatable bonds is 20. The Labute approximate surface area is 198 Å². The molecule has 0 saturated carbocycles. The fourth-order valence-electron chi connectivity index (χ4n) is 2.85. The van der Waals surface area contributed by atoms with Crippen molar-refractivity contribution in [1.29, 1.82) is 0 Å². The van der Waals surface area contributed by atoms with Gasteiger partial charge in [0.25, 0.3) is 0 Å². The Morgan fingerprint density at radius 3 is 0.969 bits per heavy atom. The molecule has 0 aromatic rings. The van der Waals surface area contributed by atoms with Crippen LogP contribution in [0.2, 0.25) is 0 Å². The number of hydrogen-bond acceptors (Lipinski definition) is 2. The van der Waals surface area contributed by atoms with E-state index < -0.39 is 0 Å². The molecule has 0 amide bonds. The zero-order valence-electron chi connectivity index (χ0n) is 20.6. The summed E-state index contributed by atoms with van der Waals surface area (Å²) in [7, 11) is 0. The van der Waals surface area contributed by atoms with E-state index in [4.69, 9.17) is 4.74 Å². The minimum atomic E-state index is -0.229. The number of unbranched alkanes of at least 4 members (excludes halogenated alkanes) is 6. The molecule has 178 valence electrons. The fourth-order valence-corrected chi connectivity index (χ4v) is 2.85. The summed E-state index contributed by atoms with van der Waals surface area (Å²) in [5, 5.41) is 0. The van der Waals surface area contributed by atoms with Crippen LogP contribution < -0.4 is 0 Å². The second kappa shape index (κ2) is 26.7. The second-order valence-corrected chi connectivity index (χ2v) is 7.66. The lowest BCUT2D eigenvalue weighted by Crippen LogP contribution is -1.97. The van der Waals surface area contributed by atoms with Gasteiger partial charge >= 0.3 is 5.97 Å². The van der Waals surface area contributed by atoms with E-state index in [2.05, 4.69) is 85.9 Å². The SMILES string of the molecule is CC=CCCC=CCCC=CCCC=CCCC=CCCC=CCCC=CCOC(C)=O. The standard InChI is InChI=1S/C30H46O2/c1-3-4-5-6-7-8-9-10-11-12-13-14-15-16-17-18-19-20-21-22-23-24-25-26-27-28-29-32-30(2)31/h3-4,7-8,11-12,15-16,19-20,23-24,27-28H,5-6,9-10,13-14,17-18,21-22,25-26,29H2,1-2H3. The average molecular weight is 439 g/mol. The van der Waals surface area contributed by atoms with Gasteiger partial charge in [-0.2, -0.15) is 0 Å². The molecule has 2 heteroatoms. The molecule has 0 atom stereocenters. The number of carbonyl (C=O) groups excluding carboxylic acids is 1. The third-order valence-corrected chi connectivity index (χ3v) is 4.62. The van der Waals surface area contributed by atoms with Crippen molar-refractivity contribution in [2.75, 3.05) is 6.61 Å². The van der Waals surface area contributed by atoms with Gasteiger partial charge in [0.2, 0.25) is 0 Å². The molecule has 0 aromatic carbocycles. The molecule has 2 nitrogen and oxygen atoms in total. The van der Waals surface area contributed by atoms with Crippen LogP contribution in [0.25, 0.3) is 0 Å². The van der Waals surface area contributed by atoms with Gasteiger partial charge in [0.1, 0.15) is 6.61 Å². The smallest absolute Gasteiger partial charge is 0.302 e. The number of ether oxygens (including phenoxy) is 1. The normalized spacial score (nSPS) is 12.9. The summed E-state index contributed by atoms with van der Waals surface area (Å²) in [5.41, 5.74) is 0. The summed E-state index contributed by atoms with van der Waals surface area (Å²) in [4.78, 5) is 10.6. The van der Waals surface area contributed by atoms with E-state index >= 15 is 0 Å². The summed E-state index contributed by atoms with van der Waals surface area (Å²) in [6.07, 6.45) is 44.6. The molecular formula is C30H46O2. The van der Waals surface area contributed by atoms with Crippen LogP contribution in [0.5, 0.6) is 0 Å². The van der Waals surface area contributed by atoms with Gasteiger partial charge in [-0.25, -0.2) is 0 Å². The molecule has 0 aliphatic heterocycles. The van der Waals surface area contributed by atoms with Gasteiger partial charge in [-0.1, -0.05) is 85.1 Å². The zero-order valence-corrected chi connectivity index (χ0v) is 20.6. The second-order valence-electron chi connectivity index (χ2n) is 7.66. The number of allylic oxidation sites excluding steroid dienone is 13. The van der Waals surface area contributed by atoms with Crippen LogP contribution in [0.1, 0.15) is 90.9 Å². The maximum Gasteiger partial charge on any atom is 0.302 e. The van der Waals surface area contributed by atoms with E-state index in [0.29, 0.717) is 6.61 Å². The summed E-state index contributed by atoms with van der Waals surface area (Å²) >= 11 is 0. The molecule has 32 heavy (non-hydrogen) atoms. The molecule has 0 aliphatic rings. The highest BCUT2D eigenvalue weighted by Crippen LogP contribution is 2.02. The van der Waals surface area contributed by atoms with Crippen molar-refractivity contribution in [1.82, 2.24) is 0 Å². The molecule has 0 rings (SSSR count). The van der Waals surface area contributed by atoms with Crippen LogP contribution in [0.4, 0.5) is 0 Å². The Morgan fingerprint density at radius 1 is 0.469 bits per heavy atom. The molecule has 0 fully saturated rings. The van der Waals surface area contributed by atoms with Crippen molar-refractivity contribution >= 4 is 5.97 Å². The van der Waals surface area contributed by atoms with E-state index in [-0.39, 0.29) is 5.97 Å². The van der Waals surface area contributed by atoms with Crippen molar-refractivity contribution in [3.63, 3.8) is 0 Å². The monoisotopic (exact) mass is 438 g/mol. The molecule has 0 aliphatic carbocycles. The largest absolute Gasteiger partial charge is 0.462 e. The van der Waals surface area contributed by atoms with Gasteiger partial charge < -0.3 is 4.74 Å². The zero-order chi connectivity index (χ0) is 23.4. The predicted octanol–water partition coefficient (Wildman–Crippen LogP) is 9.14. The third kappa shape index (κ3) is 27.6. The van der Waals surface area contributed by atoms with Crippen LogP contribution in [0, 0.1) is 0 Å². The Hall–Kier alpha value is -2.35. The van der Waals surface area contributed by atoms with Crippen LogP contribution in [-0.4, -0.2) is 12.6 Å². The van der Waals surface area contributed by atoms with Crippen LogP contribution in [0.3, 0.4) is 0 Å². The maximum atomic E-state index is 10.6. The first-order valence-corrected chi connectivity index (χ1v) is 12.4. The lowest BCUT2D eigenvalue weighted by atomic mass is 10.2. The van der Waals surface area contributed by atoms with Gasteiger partial charge in [0, 0.05) is 6.92 Å². The Kier molecular flexibility index (Phi) is 24.7. The van der Waals surface area contributed by atoms with Gasteiger partial charge in [-0.05, 0) is 84.0 Å². The molecule has 0 spiro atoms. The molecule has 0 heterocycles. The van der Waals surface area contributed by atoms with Crippen molar-refractivity contribution in [3.05, 3.63) is 85.1 Å². The lowest BCUT2D eigenvalue weighted by molar-refractivity contribution is -0.139. The van der Waals surface area contributed by atoms with Crippen molar-refractivity contribution in [2.45, 2.75) is 90.9 Å². The first-order chi connectivity index (χ1) is 15.8. The summed E-state index contributed by atoms with van der Waals surface area (Å²) in [6, 6.07) is 0. The van der Waals surface area contributed by atoms with E-state index in [1.807, 2.05) is 6.08 Å². The highest BCUT2D eigenvalue weighted by Gasteiger charge is 1.86. The quantitative estimate of drug-likeness (QED) is 0.108. The Balaban J connectivity index is 3.42. The minimum absolute atomic E-state index is 0.229. The van der Waals surface area contributed by atoms with Gasteiger partial charge in [-0.3, -0.25) is 4.79 Å². The summed E-state index contributed by atoms with van der Waals surface area (Å²) in [6.45, 7) is 3.88. The van der Waals surface area contributed by atoms with Crippen LogP contribution in [0.15, 0.2) is 85.1 Å². The molecular weight excluding hydrogens is 392 g/mol. The third-order valence-electron chi connectivity index (χ3n) is 4.62. The Morgan fingerprint density at radius 2 is 0.719 bits per heavy atom. The van der Waals surface area contributed by atoms with Crippen molar-refractivity contribution in [2.24, 2.45) is 0 Å². The average Bonchev–Trinajstić information content (AvgIpc) is 2.78. The van der Waals surface area contributed by atoms with Gasteiger partial charge in [-0.15, -0.1) is 0 Å². The van der Waals surface area contributed by atoms with Crippen molar-refractivity contribution in [3.8, 4) is 0 Å². The van der Waals surface area contributed by atoms with E-state index in [1.165, 1.54) is 6.92 Å². The van der Waals surface area contributed by atoms with Crippen LogP contribution >= 0.6 is 0 Å². The van der Waals surface area contributed by atoms with E-state index in [9.17, 15) is 4.79 Å². The Bertz CT molecular complexity index is 615. The highest BCUT2D eigenvalue weighted by molar-refractivity contribution is 5.65. The first kappa shape index (κ1) is 29.7. The summed E-state index contributed by atoms with van der Waals surface area (Å²) < 4.78 is 4.84. The highest BCUT2D eigenvalue weighted by atomic mass is 16.5. The van der Waals surface area contributed by atoms with Gasteiger partial charge in [0.05, 0.1) is 0 Å². The topological polar surface area (TPSA) is 26.3 Å². The van der Waals surface area contributed by atoms with Crippen molar-refractivity contribution < 1.29 is 9.53 Å². The first-order valence-electron chi connectivity index (χ1n) is 12.4. The number of carbonyl (C=O) groups is 1. The van der Waals surface area contributed by atoms with Gasteiger partial charge in [0.15, 0.2) is 0 Å². The summed E-state index contributed by atoms with van der Waals surface area (Å²) in [5.74, 6) is -0.229. The molecule has 0 saturated heterocycles. The molecule has 0 aromatic heterocycles. The number of hydrogen-bond donors (Lipinski definition) is 0. The maximum absolute atomic E-state index is 10.6. The fraction of sp³-hybridized carbons (Fsp3) is 0.500. The van der Waals surface area contributed by atoms with Crippen LogP contribution in [-0.2, 0) is 9.53 Å². The predicted molar refractivity (Wildman–Crippen MR) is 142 cm³/mol.